The quantitative estimate of drug-likeness (QED) is 0.580. The zero-order valence-electron chi connectivity index (χ0n) is 9.38. The molecule has 1 unspecified atom stereocenters. The molecule has 0 saturated carbocycles. The molecule has 1 aromatic heterocycles. The van der Waals surface area contributed by atoms with E-state index in [0.29, 0.717) is 17.9 Å². The predicted molar refractivity (Wildman–Crippen MR) is 65.0 cm³/mol. The molecule has 0 aliphatic rings. The lowest BCUT2D eigenvalue weighted by atomic mass is 10.0. The van der Waals surface area contributed by atoms with Crippen LogP contribution in [0.5, 0.6) is 0 Å². The van der Waals surface area contributed by atoms with E-state index in [0.717, 1.165) is 11.8 Å². The van der Waals surface area contributed by atoms with Gasteiger partial charge in [0.1, 0.15) is 5.40 Å². The average Bonchev–Trinajstić information content (AvgIpc) is 2.28. The molecule has 1 heterocycles. The summed E-state index contributed by atoms with van der Waals surface area (Å²) in [6.07, 6.45) is 3.89. The van der Waals surface area contributed by atoms with Crippen LogP contribution >= 0.6 is 11.8 Å². The minimum absolute atomic E-state index is 0.00616. The van der Waals surface area contributed by atoms with E-state index >= 15 is 0 Å². The van der Waals surface area contributed by atoms with Crippen molar-refractivity contribution < 1.29 is 4.79 Å². The smallest absolute Gasteiger partial charge is 0.178 e. The van der Waals surface area contributed by atoms with E-state index in [4.69, 9.17) is 5.26 Å². The van der Waals surface area contributed by atoms with Crippen LogP contribution in [0.1, 0.15) is 30.6 Å². The van der Waals surface area contributed by atoms with Gasteiger partial charge in [-0.05, 0) is 36.2 Å². The van der Waals surface area contributed by atoms with E-state index in [1.807, 2.05) is 19.2 Å². The highest BCUT2D eigenvalue weighted by Crippen LogP contribution is 2.22. The average molecular weight is 234 g/mol. The maximum Gasteiger partial charge on any atom is 0.178 e. The second-order valence-corrected chi connectivity index (χ2v) is 4.92. The van der Waals surface area contributed by atoms with Crippen LogP contribution in [0.25, 0.3) is 0 Å². The van der Waals surface area contributed by atoms with Crippen molar-refractivity contribution in [2.45, 2.75) is 25.5 Å². The number of Topliss-reactive ketones (excluding diaryl/α,β-unsaturated/α-hetero) is 1. The highest BCUT2D eigenvalue weighted by molar-refractivity contribution is 8.05. The van der Waals surface area contributed by atoms with E-state index in [1.165, 1.54) is 0 Å². The summed E-state index contributed by atoms with van der Waals surface area (Å²) in [5.74, 6) is 0.389. The Morgan fingerprint density at radius 2 is 2.38 bits per heavy atom. The van der Waals surface area contributed by atoms with Gasteiger partial charge in [0.25, 0.3) is 0 Å². The zero-order valence-corrected chi connectivity index (χ0v) is 10.2. The number of pyridine rings is 1. The molecule has 0 fully saturated rings. The number of ketones is 1. The third-order valence-electron chi connectivity index (χ3n) is 2.12. The van der Waals surface area contributed by atoms with Gasteiger partial charge in [0.05, 0.1) is 5.25 Å². The van der Waals surface area contributed by atoms with Gasteiger partial charge in [-0.25, -0.2) is 0 Å². The first-order valence-corrected chi connectivity index (χ1v) is 6.02. The molecule has 1 aromatic rings. The maximum absolute atomic E-state index is 12.1. The van der Waals surface area contributed by atoms with Crippen LogP contribution in [0.3, 0.4) is 0 Å². The SMILES string of the molecule is CC(C)CC(SC#N)C(=O)c1cccnc1. The molecule has 1 rings (SSSR count). The first-order valence-electron chi connectivity index (χ1n) is 5.14. The van der Waals surface area contributed by atoms with Crippen LogP contribution in [-0.2, 0) is 0 Å². The van der Waals surface area contributed by atoms with Gasteiger partial charge in [-0.2, -0.15) is 5.26 Å². The molecule has 3 nitrogen and oxygen atoms in total. The first-order chi connectivity index (χ1) is 7.65. The van der Waals surface area contributed by atoms with Crippen LogP contribution < -0.4 is 0 Å². The van der Waals surface area contributed by atoms with Crippen LogP contribution in [-0.4, -0.2) is 16.0 Å². The number of rotatable bonds is 5. The van der Waals surface area contributed by atoms with Crippen molar-refractivity contribution in [1.29, 1.82) is 5.26 Å². The van der Waals surface area contributed by atoms with Gasteiger partial charge < -0.3 is 0 Å². The molecule has 1 atom stereocenters. The summed E-state index contributed by atoms with van der Waals surface area (Å²) in [6.45, 7) is 4.09. The molecule has 0 amide bonds. The summed E-state index contributed by atoms with van der Waals surface area (Å²) in [6, 6.07) is 3.47. The molecule has 0 bridgehead atoms. The fraction of sp³-hybridized carbons (Fsp3) is 0.417. The number of thioether (sulfide) groups is 1. The Morgan fingerprint density at radius 3 is 2.88 bits per heavy atom. The van der Waals surface area contributed by atoms with Gasteiger partial charge in [0, 0.05) is 18.0 Å². The monoisotopic (exact) mass is 234 g/mol. The van der Waals surface area contributed by atoms with Crippen molar-refractivity contribution in [3.05, 3.63) is 30.1 Å². The van der Waals surface area contributed by atoms with Gasteiger partial charge in [-0.3, -0.25) is 9.78 Å². The molecule has 0 N–H and O–H groups in total. The van der Waals surface area contributed by atoms with Crippen molar-refractivity contribution >= 4 is 17.5 Å². The molecule has 0 saturated heterocycles. The number of hydrogen-bond donors (Lipinski definition) is 0. The van der Waals surface area contributed by atoms with Crippen molar-refractivity contribution in [3.63, 3.8) is 0 Å². The molecular weight excluding hydrogens is 220 g/mol. The second kappa shape index (κ2) is 6.29. The second-order valence-electron chi connectivity index (χ2n) is 3.93. The third-order valence-corrected chi connectivity index (χ3v) is 2.92. The van der Waals surface area contributed by atoms with Crippen molar-refractivity contribution in [3.8, 4) is 5.40 Å². The van der Waals surface area contributed by atoms with E-state index < -0.39 is 0 Å². The third kappa shape index (κ3) is 3.67. The summed E-state index contributed by atoms with van der Waals surface area (Å²) in [5.41, 5.74) is 0.580. The van der Waals surface area contributed by atoms with Crippen LogP contribution in [0.15, 0.2) is 24.5 Å². The lowest BCUT2D eigenvalue weighted by Crippen LogP contribution is -2.19. The maximum atomic E-state index is 12.1. The molecule has 84 valence electrons. The predicted octanol–water partition coefficient (Wildman–Crippen LogP) is 2.89. The molecule has 0 radical (unpaired) electrons. The first kappa shape index (κ1) is 12.7. The molecule has 4 heteroatoms. The Bertz CT molecular complexity index is 384. The van der Waals surface area contributed by atoms with Crippen molar-refractivity contribution in [2.75, 3.05) is 0 Å². The van der Waals surface area contributed by atoms with Crippen LogP contribution in [0, 0.1) is 16.6 Å². The van der Waals surface area contributed by atoms with Crippen LogP contribution in [0.4, 0.5) is 0 Å². The van der Waals surface area contributed by atoms with Gasteiger partial charge in [0.15, 0.2) is 5.78 Å². The lowest BCUT2D eigenvalue weighted by molar-refractivity contribution is 0.0982. The van der Waals surface area contributed by atoms with E-state index in [2.05, 4.69) is 4.98 Å². The summed E-state index contributed by atoms with van der Waals surface area (Å²) in [5, 5.41) is 10.4. The molecule has 0 spiro atoms. The fourth-order valence-corrected chi connectivity index (χ4v) is 2.25. The Kier molecular flexibility index (Phi) is 5.00. The van der Waals surface area contributed by atoms with Crippen molar-refractivity contribution in [1.82, 2.24) is 4.98 Å². The molecule has 0 aliphatic heterocycles. The van der Waals surface area contributed by atoms with E-state index in [1.54, 1.807) is 24.5 Å². The number of carbonyl (C=O) groups is 1. The summed E-state index contributed by atoms with van der Waals surface area (Å²) in [4.78, 5) is 16.0. The number of thiocyanates is 1. The van der Waals surface area contributed by atoms with Gasteiger partial charge in [0.2, 0.25) is 0 Å². The number of aromatic nitrogens is 1. The highest BCUT2D eigenvalue weighted by atomic mass is 32.2. The van der Waals surface area contributed by atoms with E-state index in [9.17, 15) is 4.79 Å². The number of nitriles is 1. The lowest BCUT2D eigenvalue weighted by Gasteiger charge is -2.13. The molecular formula is C12H14N2OS. The van der Waals surface area contributed by atoms with Gasteiger partial charge in [-0.1, -0.05) is 13.8 Å². The highest BCUT2D eigenvalue weighted by Gasteiger charge is 2.21. The minimum atomic E-state index is -0.283. The summed E-state index contributed by atoms with van der Waals surface area (Å²) in [7, 11) is 0. The van der Waals surface area contributed by atoms with Crippen molar-refractivity contribution in [2.24, 2.45) is 5.92 Å². The number of nitrogens with zero attached hydrogens (tertiary/aromatic N) is 2. The normalized spacial score (nSPS) is 12.1. The summed E-state index contributed by atoms with van der Waals surface area (Å²) < 4.78 is 0. The minimum Gasteiger partial charge on any atom is -0.293 e. The topological polar surface area (TPSA) is 53.8 Å². The Hall–Kier alpha value is -1.34. The van der Waals surface area contributed by atoms with Crippen LogP contribution in [0.2, 0.25) is 0 Å². The molecule has 0 aliphatic carbocycles. The zero-order chi connectivity index (χ0) is 12.0. The standard InChI is InChI=1S/C12H14N2OS/c1-9(2)6-11(16-8-13)12(15)10-4-3-5-14-7-10/h3-5,7,9,11H,6H2,1-2H3. The van der Waals surface area contributed by atoms with E-state index in [-0.39, 0.29) is 11.0 Å². The largest absolute Gasteiger partial charge is 0.293 e. The Morgan fingerprint density at radius 1 is 1.62 bits per heavy atom. The molecule has 0 aromatic carbocycles. The Balaban J connectivity index is 2.80. The fourth-order valence-electron chi connectivity index (χ4n) is 1.39. The van der Waals surface area contributed by atoms with Gasteiger partial charge in [-0.15, -0.1) is 0 Å². The number of carbonyl (C=O) groups excluding carboxylic acids is 1. The van der Waals surface area contributed by atoms with Gasteiger partial charge >= 0.3 is 0 Å². The Labute approximate surface area is 99.9 Å². The summed E-state index contributed by atoms with van der Waals surface area (Å²) >= 11 is 1.04. The number of hydrogen-bond acceptors (Lipinski definition) is 4. The molecule has 16 heavy (non-hydrogen) atoms.